The zero-order valence-corrected chi connectivity index (χ0v) is 10.0. The lowest BCUT2D eigenvalue weighted by atomic mass is 9.89. The first-order valence-corrected chi connectivity index (χ1v) is 4.91. The fraction of sp³-hybridized carbons (Fsp3) is 0.889. The van der Waals surface area contributed by atoms with E-state index in [0.29, 0.717) is 0 Å². The van der Waals surface area contributed by atoms with Gasteiger partial charge in [0, 0.05) is 13.8 Å². The molecule has 4 atom stereocenters. The molecule has 0 amide bonds. The first-order valence-electron chi connectivity index (χ1n) is 4.91. The molecular formula is C9H11F5O5. The number of hydrogen-bond donors (Lipinski definition) is 2. The van der Waals surface area contributed by atoms with Crippen molar-refractivity contribution in [1.29, 1.82) is 0 Å². The van der Waals surface area contributed by atoms with Gasteiger partial charge in [-0.1, -0.05) is 0 Å². The van der Waals surface area contributed by atoms with Gasteiger partial charge in [-0.05, 0) is 6.92 Å². The summed E-state index contributed by atoms with van der Waals surface area (Å²) in [5, 5.41) is 18.0. The second-order valence-electron chi connectivity index (χ2n) is 4.53. The summed E-state index contributed by atoms with van der Waals surface area (Å²) in [7, 11) is 0. The van der Waals surface area contributed by atoms with Crippen molar-refractivity contribution in [3.05, 3.63) is 0 Å². The number of carbonyl (C=O) groups is 1. The van der Waals surface area contributed by atoms with Crippen LogP contribution in [0.25, 0.3) is 0 Å². The number of hydrogen-bond acceptors (Lipinski definition) is 4. The van der Waals surface area contributed by atoms with Crippen molar-refractivity contribution >= 4 is 5.97 Å². The standard InChI is InChI=1S/C9H11F5O5/c1-5(17,4(15)16)8(12)6(2,10)19-9(13,14)7(3,11)18-8/h17H,1-3H3,(H,15,16). The maximum absolute atomic E-state index is 14.3. The van der Waals surface area contributed by atoms with Gasteiger partial charge in [0.15, 0.2) is 0 Å². The molecule has 0 radical (unpaired) electrons. The number of carboxylic acid groups (broad SMARTS) is 1. The van der Waals surface area contributed by atoms with Crippen molar-refractivity contribution in [1.82, 2.24) is 0 Å². The fourth-order valence-electron chi connectivity index (χ4n) is 1.48. The predicted molar refractivity (Wildman–Crippen MR) is 48.2 cm³/mol. The summed E-state index contributed by atoms with van der Waals surface area (Å²) in [4.78, 5) is 10.7. The first kappa shape index (κ1) is 16.1. The largest absolute Gasteiger partial charge is 0.479 e. The van der Waals surface area contributed by atoms with Crippen LogP contribution >= 0.6 is 0 Å². The molecule has 5 nitrogen and oxygen atoms in total. The van der Waals surface area contributed by atoms with Gasteiger partial charge in [-0.2, -0.15) is 8.78 Å². The molecule has 0 bridgehead atoms. The van der Waals surface area contributed by atoms with Gasteiger partial charge in [0.1, 0.15) is 0 Å². The topological polar surface area (TPSA) is 76.0 Å². The van der Waals surface area contributed by atoms with E-state index in [9.17, 15) is 31.9 Å². The van der Waals surface area contributed by atoms with Crippen LogP contribution in [0.5, 0.6) is 0 Å². The summed E-state index contributed by atoms with van der Waals surface area (Å²) >= 11 is 0. The van der Waals surface area contributed by atoms with Crippen LogP contribution in [0.3, 0.4) is 0 Å². The van der Waals surface area contributed by atoms with Crippen LogP contribution < -0.4 is 0 Å². The number of ether oxygens (including phenoxy) is 2. The second-order valence-corrected chi connectivity index (χ2v) is 4.53. The minimum Gasteiger partial charge on any atom is -0.479 e. The molecule has 0 aromatic heterocycles. The lowest BCUT2D eigenvalue weighted by molar-refractivity contribution is -0.545. The van der Waals surface area contributed by atoms with Gasteiger partial charge in [-0.3, -0.25) is 9.47 Å². The van der Waals surface area contributed by atoms with Gasteiger partial charge in [0.25, 0.3) is 5.85 Å². The first-order chi connectivity index (χ1) is 8.11. The maximum Gasteiger partial charge on any atom is 0.417 e. The van der Waals surface area contributed by atoms with E-state index in [1.54, 1.807) is 0 Å². The minimum atomic E-state index is -4.89. The summed E-state index contributed by atoms with van der Waals surface area (Å²) in [6, 6.07) is 0. The SMILES string of the molecule is CC1(F)OC(F)(C(C)(O)C(=O)O)C(C)(F)OC1(F)F. The highest BCUT2D eigenvalue weighted by Gasteiger charge is 2.79. The van der Waals surface area contributed by atoms with Crippen LogP contribution in [0.15, 0.2) is 0 Å². The van der Waals surface area contributed by atoms with Crippen LogP contribution in [0.1, 0.15) is 20.8 Å². The predicted octanol–water partition coefficient (Wildman–Crippen LogP) is 1.50. The normalized spacial score (nSPS) is 45.5. The van der Waals surface area contributed by atoms with Crippen LogP contribution in [0.2, 0.25) is 0 Å². The van der Waals surface area contributed by atoms with E-state index in [1.807, 2.05) is 0 Å². The Hall–Kier alpha value is -1.00. The Balaban J connectivity index is 3.40. The van der Waals surface area contributed by atoms with Gasteiger partial charge in [-0.15, -0.1) is 0 Å². The highest BCUT2D eigenvalue weighted by atomic mass is 19.3. The number of rotatable bonds is 2. The fourth-order valence-corrected chi connectivity index (χ4v) is 1.48. The molecule has 112 valence electrons. The maximum atomic E-state index is 14.3. The average molecular weight is 294 g/mol. The van der Waals surface area contributed by atoms with E-state index in [4.69, 9.17) is 5.11 Å². The van der Waals surface area contributed by atoms with Crippen LogP contribution in [0.4, 0.5) is 22.0 Å². The van der Waals surface area contributed by atoms with Crippen molar-refractivity contribution in [3.8, 4) is 0 Å². The Morgan fingerprint density at radius 2 is 1.47 bits per heavy atom. The Morgan fingerprint density at radius 1 is 1.05 bits per heavy atom. The molecule has 0 aromatic rings. The monoisotopic (exact) mass is 294 g/mol. The molecular weight excluding hydrogens is 283 g/mol. The Bertz CT molecular complexity index is 408. The van der Waals surface area contributed by atoms with E-state index >= 15 is 0 Å². The zero-order chi connectivity index (χ0) is 15.5. The molecule has 1 fully saturated rings. The molecule has 1 aliphatic heterocycles. The Kier molecular flexibility index (Phi) is 3.18. The molecule has 19 heavy (non-hydrogen) atoms. The van der Waals surface area contributed by atoms with Crippen LogP contribution in [-0.2, 0) is 14.3 Å². The zero-order valence-electron chi connectivity index (χ0n) is 10.0. The summed E-state index contributed by atoms with van der Waals surface area (Å²) in [6.07, 6.45) is -4.89. The van der Waals surface area contributed by atoms with Gasteiger partial charge < -0.3 is 10.2 Å². The third-order valence-corrected chi connectivity index (χ3v) is 2.79. The number of halogens is 5. The van der Waals surface area contributed by atoms with Crippen molar-refractivity contribution in [3.63, 3.8) is 0 Å². The van der Waals surface area contributed by atoms with Gasteiger partial charge in [0.2, 0.25) is 5.60 Å². The highest BCUT2D eigenvalue weighted by Crippen LogP contribution is 2.55. The lowest BCUT2D eigenvalue weighted by Crippen LogP contribution is -2.75. The van der Waals surface area contributed by atoms with E-state index in [2.05, 4.69) is 9.47 Å². The Labute approximate surface area is 103 Å². The summed E-state index contributed by atoms with van der Waals surface area (Å²) in [5.74, 6) is -15.1. The third-order valence-electron chi connectivity index (χ3n) is 2.79. The molecule has 10 heteroatoms. The van der Waals surface area contributed by atoms with E-state index < -0.39 is 35.2 Å². The molecule has 1 aliphatic rings. The smallest absolute Gasteiger partial charge is 0.417 e. The number of aliphatic hydroxyl groups is 1. The second kappa shape index (κ2) is 3.76. The highest BCUT2D eigenvalue weighted by molar-refractivity contribution is 5.78. The average Bonchev–Trinajstić information content (AvgIpc) is 2.12. The van der Waals surface area contributed by atoms with Crippen molar-refractivity contribution in [2.75, 3.05) is 0 Å². The summed E-state index contributed by atoms with van der Waals surface area (Å²) in [6.45, 7) is 0.276. The molecule has 1 rings (SSSR count). The molecule has 1 saturated heterocycles. The van der Waals surface area contributed by atoms with Crippen molar-refractivity contribution < 1.29 is 46.4 Å². The van der Waals surface area contributed by atoms with Crippen molar-refractivity contribution in [2.45, 2.75) is 50.0 Å². The molecule has 0 aliphatic carbocycles. The third kappa shape index (κ3) is 1.98. The number of carboxylic acids is 1. The summed E-state index contributed by atoms with van der Waals surface area (Å²) in [5.41, 5.74) is -3.68. The van der Waals surface area contributed by atoms with Gasteiger partial charge in [-0.25, -0.2) is 18.0 Å². The lowest BCUT2D eigenvalue weighted by Gasteiger charge is -2.51. The number of aliphatic carboxylic acids is 1. The Morgan fingerprint density at radius 3 is 1.84 bits per heavy atom. The quantitative estimate of drug-likeness (QED) is 0.755. The molecule has 0 spiro atoms. The van der Waals surface area contributed by atoms with Crippen molar-refractivity contribution in [2.24, 2.45) is 0 Å². The van der Waals surface area contributed by atoms with Gasteiger partial charge in [0.05, 0.1) is 0 Å². The van der Waals surface area contributed by atoms with E-state index in [0.717, 1.165) is 0 Å². The minimum absolute atomic E-state index is 0.00843. The van der Waals surface area contributed by atoms with E-state index in [1.165, 1.54) is 0 Å². The molecule has 4 unspecified atom stereocenters. The molecule has 0 saturated carbocycles. The van der Waals surface area contributed by atoms with Crippen LogP contribution in [0, 0.1) is 0 Å². The van der Waals surface area contributed by atoms with Gasteiger partial charge >= 0.3 is 23.8 Å². The molecule has 1 heterocycles. The summed E-state index contributed by atoms with van der Waals surface area (Å²) < 4.78 is 74.6. The molecule has 2 N–H and O–H groups in total. The van der Waals surface area contributed by atoms with Crippen LogP contribution in [-0.4, -0.2) is 45.5 Å². The van der Waals surface area contributed by atoms with E-state index in [-0.39, 0.29) is 20.8 Å². The molecule has 0 aromatic carbocycles. The number of alkyl halides is 5.